The summed E-state index contributed by atoms with van der Waals surface area (Å²) in [5.74, 6) is -0.206. The molecule has 0 aliphatic carbocycles. The van der Waals surface area contributed by atoms with Gasteiger partial charge in [-0.05, 0) is 25.0 Å². The first-order valence-corrected chi connectivity index (χ1v) is 7.96. The first-order chi connectivity index (χ1) is 12.1. The van der Waals surface area contributed by atoms with Crippen molar-refractivity contribution in [2.45, 2.75) is 18.9 Å². The zero-order valence-corrected chi connectivity index (χ0v) is 13.3. The number of rotatable bonds is 3. The molecule has 2 aromatic rings. The average molecular weight is 344 g/mol. The molecule has 130 valence electrons. The van der Waals surface area contributed by atoms with Crippen molar-refractivity contribution >= 4 is 11.9 Å². The van der Waals surface area contributed by atoms with E-state index in [9.17, 15) is 9.59 Å². The van der Waals surface area contributed by atoms with Crippen LogP contribution in [0.5, 0.6) is 11.5 Å². The number of likely N-dealkylation sites (tertiary alicyclic amines) is 1. The third-order valence-electron chi connectivity index (χ3n) is 4.41. The quantitative estimate of drug-likeness (QED) is 0.891. The number of carbonyl (C=O) groups is 2. The number of aromatic carboxylic acids is 1. The predicted octanol–water partition coefficient (Wildman–Crippen LogP) is 1.18. The molecule has 0 bridgehead atoms. The number of nitrogens with zero attached hydrogens (tertiary/aromatic N) is 4. The van der Waals surface area contributed by atoms with E-state index in [0.29, 0.717) is 30.2 Å². The van der Waals surface area contributed by atoms with E-state index < -0.39 is 5.97 Å². The third-order valence-corrected chi connectivity index (χ3v) is 4.41. The second-order valence-corrected chi connectivity index (χ2v) is 5.98. The van der Waals surface area contributed by atoms with Crippen LogP contribution in [-0.4, -0.2) is 56.8 Å². The number of piperidine rings is 1. The smallest absolute Gasteiger partial charge is 0.358 e. The molecule has 2 aliphatic heterocycles. The first kappa shape index (κ1) is 15.4. The maximum absolute atomic E-state index is 12.9. The van der Waals surface area contributed by atoms with Crippen LogP contribution in [0.4, 0.5) is 0 Å². The molecule has 0 spiro atoms. The summed E-state index contributed by atoms with van der Waals surface area (Å²) in [4.78, 5) is 25.6. The monoisotopic (exact) mass is 344 g/mol. The van der Waals surface area contributed by atoms with Crippen molar-refractivity contribution in [1.29, 1.82) is 0 Å². The van der Waals surface area contributed by atoms with Crippen molar-refractivity contribution in [3.63, 3.8) is 0 Å². The number of ether oxygens (including phenoxy) is 2. The van der Waals surface area contributed by atoms with Crippen LogP contribution >= 0.6 is 0 Å². The van der Waals surface area contributed by atoms with Crippen LogP contribution in [0.1, 0.15) is 39.7 Å². The Morgan fingerprint density at radius 1 is 1.28 bits per heavy atom. The van der Waals surface area contributed by atoms with Crippen LogP contribution in [0.25, 0.3) is 0 Å². The van der Waals surface area contributed by atoms with Crippen LogP contribution in [0.3, 0.4) is 0 Å². The summed E-state index contributed by atoms with van der Waals surface area (Å²) in [6.45, 7) is 1.17. The van der Waals surface area contributed by atoms with Crippen molar-refractivity contribution in [2.24, 2.45) is 0 Å². The summed E-state index contributed by atoms with van der Waals surface area (Å²) >= 11 is 0. The maximum atomic E-state index is 12.9. The highest BCUT2D eigenvalue weighted by molar-refractivity contribution is 5.98. The van der Waals surface area contributed by atoms with Crippen molar-refractivity contribution in [1.82, 2.24) is 19.9 Å². The second kappa shape index (κ2) is 6.08. The number of carbonyl (C=O) groups excluding carboxylic acids is 1. The molecular weight excluding hydrogens is 328 g/mol. The number of carboxylic acids is 1. The largest absolute Gasteiger partial charge is 0.476 e. The Morgan fingerprint density at radius 3 is 2.96 bits per heavy atom. The topological polar surface area (TPSA) is 107 Å². The molecule has 3 heterocycles. The van der Waals surface area contributed by atoms with Crippen molar-refractivity contribution in [3.05, 3.63) is 35.7 Å². The molecule has 1 amide bonds. The Bertz CT molecular complexity index is 834. The normalized spacial score (nSPS) is 19.0. The van der Waals surface area contributed by atoms with E-state index in [-0.39, 0.29) is 24.4 Å². The Morgan fingerprint density at radius 2 is 2.16 bits per heavy atom. The van der Waals surface area contributed by atoms with Gasteiger partial charge in [-0.2, -0.15) is 0 Å². The predicted molar refractivity (Wildman–Crippen MR) is 83.7 cm³/mol. The van der Waals surface area contributed by atoms with Crippen LogP contribution in [0, 0.1) is 0 Å². The number of fused-ring (bicyclic) bond motifs is 1. The van der Waals surface area contributed by atoms with Crippen molar-refractivity contribution in [2.75, 3.05) is 19.9 Å². The average Bonchev–Trinajstić information content (AvgIpc) is 3.30. The van der Waals surface area contributed by atoms with Crippen LogP contribution < -0.4 is 9.47 Å². The van der Waals surface area contributed by atoms with Crippen LogP contribution in [-0.2, 0) is 0 Å². The lowest BCUT2D eigenvalue weighted by atomic mass is 10.0. The van der Waals surface area contributed by atoms with Gasteiger partial charge >= 0.3 is 5.97 Å². The molecule has 1 unspecified atom stereocenters. The van der Waals surface area contributed by atoms with Crippen LogP contribution in [0.2, 0.25) is 0 Å². The number of para-hydroxylation sites is 1. The highest BCUT2D eigenvalue weighted by atomic mass is 16.7. The van der Waals surface area contributed by atoms with E-state index >= 15 is 0 Å². The van der Waals surface area contributed by atoms with Crippen LogP contribution in [0.15, 0.2) is 24.4 Å². The molecule has 4 rings (SSSR count). The van der Waals surface area contributed by atoms with Gasteiger partial charge in [0.05, 0.1) is 17.8 Å². The molecule has 1 N–H and O–H groups in total. The van der Waals surface area contributed by atoms with Gasteiger partial charge in [0.1, 0.15) is 0 Å². The minimum Gasteiger partial charge on any atom is -0.476 e. The van der Waals surface area contributed by atoms with Gasteiger partial charge in [-0.15, -0.1) is 5.10 Å². The summed E-state index contributed by atoms with van der Waals surface area (Å²) in [5, 5.41) is 16.5. The summed E-state index contributed by atoms with van der Waals surface area (Å²) in [5.41, 5.74) is 0.371. The van der Waals surface area contributed by atoms with E-state index in [4.69, 9.17) is 14.6 Å². The first-order valence-electron chi connectivity index (χ1n) is 7.96. The Kier molecular flexibility index (Phi) is 3.75. The third kappa shape index (κ3) is 2.77. The standard InChI is InChI=1S/C16H16N4O5/c21-15(11-4-1-5-13-14(11)25-9-24-13)19-6-2-3-10(7-19)20-8-12(16(22)23)17-18-20/h1,4-5,8,10H,2-3,6-7,9H2,(H,22,23). The summed E-state index contributed by atoms with van der Waals surface area (Å²) < 4.78 is 12.3. The second-order valence-electron chi connectivity index (χ2n) is 5.98. The molecule has 1 saturated heterocycles. The Balaban J connectivity index is 1.54. The number of benzene rings is 1. The molecule has 0 radical (unpaired) electrons. The molecule has 1 aromatic carbocycles. The van der Waals surface area contributed by atoms with Crippen molar-refractivity contribution < 1.29 is 24.2 Å². The molecule has 25 heavy (non-hydrogen) atoms. The molecule has 0 saturated carbocycles. The lowest BCUT2D eigenvalue weighted by Gasteiger charge is -2.32. The van der Waals surface area contributed by atoms with Gasteiger partial charge < -0.3 is 19.5 Å². The minimum absolute atomic E-state index is 0.102. The molecule has 1 fully saturated rings. The van der Waals surface area contributed by atoms with Gasteiger partial charge in [-0.25, -0.2) is 9.48 Å². The molecule has 1 aromatic heterocycles. The highest BCUT2D eigenvalue weighted by Gasteiger charge is 2.30. The fraction of sp³-hybridized carbons (Fsp3) is 0.375. The Labute approximate surface area is 142 Å². The number of amides is 1. The fourth-order valence-electron chi connectivity index (χ4n) is 3.18. The molecule has 9 heteroatoms. The molecule has 2 aliphatic rings. The SMILES string of the molecule is O=C(O)c1cn(C2CCCN(C(=O)c3cccc4c3OCO4)C2)nn1. The van der Waals surface area contributed by atoms with Gasteiger partial charge in [0, 0.05) is 13.1 Å². The Hall–Kier alpha value is -3.10. The molecule has 9 nitrogen and oxygen atoms in total. The zero-order valence-electron chi connectivity index (χ0n) is 13.3. The summed E-state index contributed by atoms with van der Waals surface area (Å²) in [6, 6.07) is 5.14. The van der Waals surface area contributed by atoms with E-state index in [1.807, 2.05) is 0 Å². The van der Waals surface area contributed by atoms with E-state index in [1.54, 1.807) is 23.1 Å². The van der Waals surface area contributed by atoms with Crippen molar-refractivity contribution in [3.8, 4) is 11.5 Å². The zero-order chi connectivity index (χ0) is 17.4. The van der Waals surface area contributed by atoms with Gasteiger partial charge in [0.2, 0.25) is 6.79 Å². The lowest BCUT2D eigenvalue weighted by molar-refractivity contribution is 0.0662. The van der Waals surface area contributed by atoms with Gasteiger partial charge in [0.25, 0.3) is 5.91 Å². The van der Waals surface area contributed by atoms with Gasteiger partial charge in [-0.3, -0.25) is 4.79 Å². The summed E-state index contributed by atoms with van der Waals surface area (Å²) in [6.07, 6.45) is 3.00. The number of carboxylic acid groups (broad SMARTS) is 1. The highest BCUT2D eigenvalue weighted by Crippen LogP contribution is 2.36. The van der Waals surface area contributed by atoms with E-state index in [2.05, 4.69) is 10.3 Å². The van der Waals surface area contributed by atoms with Gasteiger partial charge in [0.15, 0.2) is 17.2 Å². The van der Waals surface area contributed by atoms with E-state index in [1.165, 1.54) is 10.9 Å². The number of hydrogen-bond acceptors (Lipinski definition) is 6. The lowest BCUT2D eigenvalue weighted by Crippen LogP contribution is -2.41. The number of hydrogen-bond donors (Lipinski definition) is 1. The molecular formula is C16H16N4O5. The van der Waals surface area contributed by atoms with E-state index in [0.717, 1.165) is 12.8 Å². The maximum Gasteiger partial charge on any atom is 0.358 e. The summed E-state index contributed by atoms with van der Waals surface area (Å²) in [7, 11) is 0. The fourth-order valence-corrected chi connectivity index (χ4v) is 3.18. The minimum atomic E-state index is -1.12. The molecule has 1 atom stereocenters. The van der Waals surface area contributed by atoms with Gasteiger partial charge in [-0.1, -0.05) is 11.3 Å². The number of aromatic nitrogens is 3.